The lowest BCUT2D eigenvalue weighted by Gasteiger charge is -2.26. The highest BCUT2D eigenvalue weighted by atomic mass is 35.5. The Bertz CT molecular complexity index is 1060. The number of anilines is 4. The predicted molar refractivity (Wildman–Crippen MR) is 114 cm³/mol. The molecule has 0 radical (unpaired) electrons. The van der Waals surface area contributed by atoms with Crippen molar-refractivity contribution in [2.24, 2.45) is 0 Å². The van der Waals surface area contributed by atoms with Crippen molar-refractivity contribution in [1.82, 2.24) is 20.3 Å². The molecule has 1 saturated heterocycles. The van der Waals surface area contributed by atoms with Crippen molar-refractivity contribution in [3.63, 3.8) is 0 Å². The molecule has 2 aromatic heterocycles. The van der Waals surface area contributed by atoms with Crippen LogP contribution in [-0.4, -0.2) is 46.4 Å². The van der Waals surface area contributed by atoms with Crippen LogP contribution in [0.1, 0.15) is 10.4 Å². The number of benzene rings is 1. The van der Waals surface area contributed by atoms with Crippen molar-refractivity contribution < 1.29 is 9.59 Å². The van der Waals surface area contributed by atoms with Crippen LogP contribution in [0.2, 0.25) is 5.02 Å². The van der Waals surface area contributed by atoms with Gasteiger partial charge < -0.3 is 20.9 Å². The second kappa shape index (κ2) is 8.75. The van der Waals surface area contributed by atoms with Gasteiger partial charge in [-0.15, -0.1) is 0 Å². The van der Waals surface area contributed by atoms with Crippen molar-refractivity contribution in [3.05, 3.63) is 65.7 Å². The highest BCUT2D eigenvalue weighted by molar-refractivity contribution is 6.30. The van der Waals surface area contributed by atoms with Crippen molar-refractivity contribution in [2.45, 2.75) is 0 Å². The van der Waals surface area contributed by atoms with Crippen LogP contribution in [-0.2, 0) is 4.79 Å². The molecular formula is C20H18ClN7O2. The first-order chi connectivity index (χ1) is 14.6. The maximum atomic E-state index is 12.7. The third-order valence-electron chi connectivity index (χ3n) is 4.41. The molecule has 3 aromatic rings. The van der Waals surface area contributed by atoms with E-state index in [0.29, 0.717) is 41.0 Å². The number of carbonyl (C=O) groups is 2. The number of piperazine rings is 1. The third-order valence-corrected chi connectivity index (χ3v) is 4.67. The summed E-state index contributed by atoms with van der Waals surface area (Å²) < 4.78 is 0. The molecule has 9 nitrogen and oxygen atoms in total. The molecule has 1 aliphatic rings. The van der Waals surface area contributed by atoms with E-state index in [0.717, 1.165) is 5.69 Å². The maximum absolute atomic E-state index is 12.7. The number of hydrogen-bond acceptors (Lipinski definition) is 7. The molecule has 10 heteroatoms. The fourth-order valence-electron chi connectivity index (χ4n) is 2.90. The lowest BCUT2D eigenvalue weighted by Crippen LogP contribution is -2.48. The number of amides is 2. The van der Waals surface area contributed by atoms with E-state index in [2.05, 4.69) is 30.9 Å². The maximum Gasteiger partial charge on any atom is 0.258 e. The number of rotatable bonds is 5. The molecule has 3 heterocycles. The molecular weight excluding hydrogens is 406 g/mol. The second-order valence-electron chi connectivity index (χ2n) is 6.55. The van der Waals surface area contributed by atoms with Gasteiger partial charge in [0.05, 0.1) is 29.7 Å². The Kier molecular flexibility index (Phi) is 5.71. The topological polar surface area (TPSA) is 112 Å². The zero-order chi connectivity index (χ0) is 20.9. The summed E-state index contributed by atoms with van der Waals surface area (Å²) in [5.41, 5.74) is 2.29. The zero-order valence-electron chi connectivity index (χ0n) is 15.8. The minimum absolute atomic E-state index is 0.0786. The summed E-state index contributed by atoms with van der Waals surface area (Å²) >= 11 is 5.92. The van der Waals surface area contributed by atoms with Gasteiger partial charge in [-0.1, -0.05) is 11.6 Å². The summed E-state index contributed by atoms with van der Waals surface area (Å²) in [5.74, 6) is -0.0243. The molecule has 1 aromatic carbocycles. The number of carbonyl (C=O) groups excluding carboxylic acids is 2. The van der Waals surface area contributed by atoms with E-state index in [1.54, 1.807) is 35.5 Å². The molecule has 3 N–H and O–H groups in total. The van der Waals surface area contributed by atoms with Crippen molar-refractivity contribution in [3.8, 4) is 0 Å². The number of aromatic nitrogens is 3. The summed E-state index contributed by atoms with van der Waals surface area (Å²) in [4.78, 5) is 38.5. The summed E-state index contributed by atoms with van der Waals surface area (Å²) in [5, 5.41) is 9.42. The minimum Gasteiger partial charge on any atom is -0.353 e. The molecule has 2 amide bonds. The Morgan fingerprint density at radius 1 is 1.07 bits per heavy atom. The smallest absolute Gasteiger partial charge is 0.258 e. The molecule has 0 saturated carbocycles. The van der Waals surface area contributed by atoms with Crippen LogP contribution in [0.15, 0.2) is 55.1 Å². The monoisotopic (exact) mass is 423 g/mol. The molecule has 0 bridgehead atoms. The fraction of sp³-hybridized carbons (Fsp3) is 0.150. The first kappa shape index (κ1) is 19.6. The van der Waals surface area contributed by atoms with E-state index in [-0.39, 0.29) is 18.4 Å². The Labute approximate surface area is 177 Å². The summed E-state index contributed by atoms with van der Waals surface area (Å²) in [7, 11) is 0. The molecule has 30 heavy (non-hydrogen) atoms. The van der Waals surface area contributed by atoms with Crippen molar-refractivity contribution >= 4 is 46.4 Å². The van der Waals surface area contributed by atoms with Crippen molar-refractivity contribution in [1.29, 1.82) is 0 Å². The number of pyridine rings is 1. The Hall–Kier alpha value is -3.72. The van der Waals surface area contributed by atoms with Gasteiger partial charge in [0.25, 0.3) is 5.91 Å². The third kappa shape index (κ3) is 4.64. The molecule has 4 rings (SSSR count). The van der Waals surface area contributed by atoms with E-state index < -0.39 is 0 Å². The normalized spacial score (nSPS) is 13.5. The lowest BCUT2D eigenvalue weighted by molar-refractivity contribution is -0.120. The van der Waals surface area contributed by atoms with Crippen LogP contribution < -0.4 is 20.9 Å². The summed E-state index contributed by atoms with van der Waals surface area (Å²) in [6.45, 7) is 1.35. The van der Waals surface area contributed by atoms with Crippen LogP contribution in [0, 0.1) is 0 Å². The first-order valence-electron chi connectivity index (χ1n) is 9.20. The van der Waals surface area contributed by atoms with Gasteiger partial charge in [-0.2, -0.15) is 0 Å². The van der Waals surface area contributed by atoms with Gasteiger partial charge in [-0.05, 0) is 30.3 Å². The molecule has 1 aliphatic heterocycles. The van der Waals surface area contributed by atoms with E-state index in [4.69, 9.17) is 11.6 Å². The summed E-state index contributed by atoms with van der Waals surface area (Å²) in [6.07, 6.45) is 6.09. The number of halogens is 1. The van der Waals surface area contributed by atoms with Gasteiger partial charge in [0.2, 0.25) is 11.9 Å². The van der Waals surface area contributed by atoms with Gasteiger partial charge >= 0.3 is 0 Å². The number of nitrogens with zero attached hydrogens (tertiary/aromatic N) is 4. The first-order valence-corrected chi connectivity index (χ1v) is 9.58. The van der Waals surface area contributed by atoms with Gasteiger partial charge in [0, 0.05) is 42.4 Å². The van der Waals surface area contributed by atoms with Crippen molar-refractivity contribution in [2.75, 3.05) is 35.2 Å². The summed E-state index contributed by atoms with van der Waals surface area (Å²) in [6, 6.07) is 8.88. The van der Waals surface area contributed by atoms with E-state index >= 15 is 0 Å². The number of nitrogens with one attached hydrogen (secondary N) is 3. The van der Waals surface area contributed by atoms with Gasteiger partial charge in [-0.3, -0.25) is 14.6 Å². The molecule has 0 unspecified atom stereocenters. The Balaban J connectivity index is 1.46. The van der Waals surface area contributed by atoms with Crippen LogP contribution in [0.3, 0.4) is 0 Å². The average molecular weight is 424 g/mol. The van der Waals surface area contributed by atoms with E-state index in [1.165, 1.54) is 12.4 Å². The SMILES string of the molecule is O=C1CN(c2ncc(C(=O)Nc3ccncc3Nc3ccc(Cl)cc3)cn2)CCN1. The van der Waals surface area contributed by atoms with Gasteiger partial charge in [0.1, 0.15) is 0 Å². The predicted octanol–water partition coefficient (Wildman–Crippen LogP) is 2.46. The standard InChI is InChI=1S/C20H18ClN7O2/c21-14-1-3-15(4-2-14)26-17-11-22-6-5-16(17)27-19(30)13-9-24-20(25-10-13)28-8-7-23-18(29)12-28/h1-6,9-11,26H,7-8,12H2,(H,23,29)(H,22,27,30). The quantitative estimate of drug-likeness (QED) is 0.577. The van der Waals surface area contributed by atoms with Crippen LogP contribution in [0.25, 0.3) is 0 Å². The van der Waals surface area contributed by atoms with Gasteiger partial charge in [-0.25, -0.2) is 9.97 Å². The molecule has 0 spiro atoms. The lowest BCUT2D eigenvalue weighted by atomic mass is 10.2. The minimum atomic E-state index is -0.358. The average Bonchev–Trinajstić information content (AvgIpc) is 2.77. The Morgan fingerprint density at radius 3 is 2.57 bits per heavy atom. The molecule has 0 aliphatic carbocycles. The molecule has 0 atom stereocenters. The fourth-order valence-corrected chi connectivity index (χ4v) is 3.02. The zero-order valence-corrected chi connectivity index (χ0v) is 16.6. The van der Waals surface area contributed by atoms with Gasteiger partial charge in [0.15, 0.2) is 0 Å². The number of hydrogen-bond donors (Lipinski definition) is 3. The van der Waals surface area contributed by atoms with Crippen LogP contribution in [0.4, 0.5) is 23.0 Å². The van der Waals surface area contributed by atoms with Crippen LogP contribution >= 0.6 is 11.6 Å². The van der Waals surface area contributed by atoms with Crippen LogP contribution in [0.5, 0.6) is 0 Å². The van der Waals surface area contributed by atoms with E-state index in [1.807, 2.05) is 12.1 Å². The molecule has 152 valence electrons. The largest absolute Gasteiger partial charge is 0.353 e. The highest BCUT2D eigenvalue weighted by Gasteiger charge is 2.19. The highest BCUT2D eigenvalue weighted by Crippen LogP contribution is 2.25. The Morgan fingerprint density at radius 2 is 1.83 bits per heavy atom. The molecule has 1 fully saturated rings. The second-order valence-corrected chi connectivity index (χ2v) is 6.99. The van der Waals surface area contributed by atoms with E-state index in [9.17, 15) is 9.59 Å².